The summed E-state index contributed by atoms with van der Waals surface area (Å²) >= 11 is 12.0. The average Bonchev–Trinajstić information content (AvgIpc) is 2.42. The van der Waals surface area contributed by atoms with Gasteiger partial charge in [0.25, 0.3) is 5.91 Å². The summed E-state index contributed by atoms with van der Waals surface area (Å²) in [6.45, 7) is 2.40. The standard InChI is InChI=1S/C14H12Cl2N2O2/c1-2-20-13-4-3-9(7-11(13)15)18-14(19)10-5-6-17-8-12(10)16/h3-8H,2H2,1H3,(H,18,19). The number of nitrogens with one attached hydrogen (secondary N) is 1. The fourth-order valence-corrected chi connectivity index (χ4v) is 2.05. The molecule has 1 N–H and O–H groups in total. The Bertz CT molecular complexity index is 632. The van der Waals surface area contributed by atoms with Crippen molar-refractivity contribution < 1.29 is 9.53 Å². The number of anilines is 1. The normalized spacial score (nSPS) is 10.2. The van der Waals surface area contributed by atoms with Gasteiger partial charge in [-0.05, 0) is 31.2 Å². The average molecular weight is 311 g/mol. The number of hydrogen-bond donors (Lipinski definition) is 1. The van der Waals surface area contributed by atoms with Crippen molar-refractivity contribution in [1.29, 1.82) is 0 Å². The second kappa shape index (κ2) is 6.59. The Labute approximate surface area is 126 Å². The van der Waals surface area contributed by atoms with Gasteiger partial charge in [0.05, 0.1) is 22.2 Å². The Morgan fingerprint density at radius 2 is 2.10 bits per heavy atom. The summed E-state index contributed by atoms with van der Waals surface area (Å²) in [6, 6.07) is 6.59. The second-order valence-corrected chi connectivity index (χ2v) is 4.70. The molecule has 0 fully saturated rings. The van der Waals surface area contributed by atoms with Crippen molar-refractivity contribution in [3.63, 3.8) is 0 Å². The molecule has 0 saturated heterocycles. The van der Waals surface area contributed by atoms with E-state index in [1.165, 1.54) is 12.4 Å². The number of rotatable bonds is 4. The second-order valence-electron chi connectivity index (χ2n) is 3.89. The molecule has 0 aliphatic heterocycles. The van der Waals surface area contributed by atoms with Crippen LogP contribution in [-0.4, -0.2) is 17.5 Å². The monoisotopic (exact) mass is 310 g/mol. The number of carbonyl (C=O) groups excluding carboxylic acids is 1. The van der Waals surface area contributed by atoms with Crippen LogP contribution >= 0.6 is 23.2 Å². The third kappa shape index (κ3) is 3.40. The highest BCUT2D eigenvalue weighted by molar-refractivity contribution is 6.34. The topological polar surface area (TPSA) is 51.2 Å². The third-order valence-electron chi connectivity index (χ3n) is 2.51. The molecule has 104 valence electrons. The third-order valence-corrected chi connectivity index (χ3v) is 3.10. The van der Waals surface area contributed by atoms with Crippen LogP contribution in [0.1, 0.15) is 17.3 Å². The van der Waals surface area contributed by atoms with Gasteiger partial charge in [-0.25, -0.2) is 0 Å². The Balaban J connectivity index is 2.16. The largest absolute Gasteiger partial charge is 0.492 e. The molecule has 0 saturated carbocycles. The fourth-order valence-electron chi connectivity index (χ4n) is 1.61. The first-order valence-electron chi connectivity index (χ1n) is 5.95. The number of nitrogens with zero attached hydrogens (tertiary/aromatic N) is 1. The molecule has 0 radical (unpaired) electrons. The summed E-state index contributed by atoms with van der Waals surface area (Å²) in [5.41, 5.74) is 0.919. The number of amides is 1. The zero-order valence-electron chi connectivity index (χ0n) is 10.7. The van der Waals surface area contributed by atoms with Crippen LogP contribution in [0.4, 0.5) is 5.69 Å². The van der Waals surface area contributed by atoms with Gasteiger partial charge in [0.15, 0.2) is 0 Å². The number of pyridine rings is 1. The Hall–Kier alpha value is -1.78. The molecule has 0 spiro atoms. The van der Waals surface area contributed by atoms with Crippen LogP contribution in [-0.2, 0) is 0 Å². The number of hydrogen-bond acceptors (Lipinski definition) is 3. The Kier molecular flexibility index (Phi) is 4.82. The number of halogens is 2. The lowest BCUT2D eigenvalue weighted by molar-refractivity contribution is 0.102. The van der Waals surface area contributed by atoms with Crippen LogP contribution in [0.15, 0.2) is 36.7 Å². The van der Waals surface area contributed by atoms with E-state index >= 15 is 0 Å². The highest BCUT2D eigenvalue weighted by Gasteiger charge is 2.11. The lowest BCUT2D eigenvalue weighted by atomic mass is 10.2. The van der Waals surface area contributed by atoms with Gasteiger partial charge < -0.3 is 10.1 Å². The molecule has 4 nitrogen and oxygen atoms in total. The molecule has 1 amide bonds. The van der Waals surface area contributed by atoms with Crippen molar-refractivity contribution in [3.8, 4) is 5.75 Å². The molecule has 0 atom stereocenters. The van der Waals surface area contributed by atoms with Crippen molar-refractivity contribution in [2.45, 2.75) is 6.92 Å². The van der Waals surface area contributed by atoms with E-state index in [0.29, 0.717) is 33.7 Å². The van der Waals surface area contributed by atoms with Crippen LogP contribution in [0.5, 0.6) is 5.75 Å². The molecule has 0 unspecified atom stereocenters. The molecule has 0 aliphatic carbocycles. The lowest BCUT2D eigenvalue weighted by Crippen LogP contribution is -2.12. The SMILES string of the molecule is CCOc1ccc(NC(=O)c2ccncc2Cl)cc1Cl. The van der Waals surface area contributed by atoms with Gasteiger partial charge in [-0.2, -0.15) is 0 Å². The quantitative estimate of drug-likeness (QED) is 0.927. The summed E-state index contributed by atoms with van der Waals surface area (Å²) in [6.07, 6.45) is 2.92. The van der Waals surface area contributed by atoms with Crippen molar-refractivity contribution in [2.75, 3.05) is 11.9 Å². The molecule has 1 aromatic carbocycles. The number of carbonyl (C=O) groups is 1. The van der Waals surface area contributed by atoms with Crippen molar-refractivity contribution in [2.24, 2.45) is 0 Å². The van der Waals surface area contributed by atoms with Crippen LogP contribution < -0.4 is 10.1 Å². The maximum Gasteiger partial charge on any atom is 0.257 e. The first-order valence-corrected chi connectivity index (χ1v) is 6.70. The predicted molar refractivity (Wildman–Crippen MR) is 79.8 cm³/mol. The number of benzene rings is 1. The van der Waals surface area contributed by atoms with E-state index in [2.05, 4.69) is 10.3 Å². The van der Waals surface area contributed by atoms with Crippen LogP contribution in [0.3, 0.4) is 0 Å². The van der Waals surface area contributed by atoms with Gasteiger partial charge in [-0.1, -0.05) is 23.2 Å². The van der Waals surface area contributed by atoms with Gasteiger partial charge in [0.1, 0.15) is 5.75 Å². The Morgan fingerprint density at radius 1 is 1.30 bits per heavy atom. The highest BCUT2D eigenvalue weighted by atomic mass is 35.5. The summed E-state index contributed by atoms with van der Waals surface area (Å²) in [5, 5.41) is 3.45. The highest BCUT2D eigenvalue weighted by Crippen LogP contribution is 2.28. The Morgan fingerprint density at radius 3 is 2.75 bits per heavy atom. The van der Waals surface area contributed by atoms with Gasteiger partial charge in [0, 0.05) is 18.1 Å². The van der Waals surface area contributed by atoms with Gasteiger partial charge in [0.2, 0.25) is 0 Å². The molecule has 20 heavy (non-hydrogen) atoms. The molecular weight excluding hydrogens is 299 g/mol. The van der Waals surface area contributed by atoms with E-state index in [9.17, 15) is 4.79 Å². The van der Waals surface area contributed by atoms with E-state index < -0.39 is 0 Å². The number of ether oxygens (including phenoxy) is 1. The minimum Gasteiger partial charge on any atom is -0.492 e. The van der Waals surface area contributed by atoms with E-state index in [4.69, 9.17) is 27.9 Å². The van der Waals surface area contributed by atoms with E-state index in [1.807, 2.05) is 6.92 Å². The predicted octanol–water partition coefficient (Wildman–Crippen LogP) is 4.04. The molecular formula is C14H12Cl2N2O2. The zero-order valence-corrected chi connectivity index (χ0v) is 12.2. The molecule has 2 aromatic rings. The maximum absolute atomic E-state index is 12.1. The smallest absolute Gasteiger partial charge is 0.257 e. The summed E-state index contributed by atoms with van der Waals surface area (Å²) in [4.78, 5) is 15.9. The van der Waals surface area contributed by atoms with Gasteiger partial charge >= 0.3 is 0 Å². The van der Waals surface area contributed by atoms with E-state index in [0.717, 1.165) is 0 Å². The summed E-state index contributed by atoms with van der Waals surface area (Å²) in [5.74, 6) is 0.256. The first-order chi connectivity index (χ1) is 9.61. The molecule has 2 rings (SSSR count). The van der Waals surface area contributed by atoms with Gasteiger partial charge in [-0.3, -0.25) is 9.78 Å². The van der Waals surface area contributed by atoms with Crippen molar-refractivity contribution in [1.82, 2.24) is 4.98 Å². The van der Waals surface area contributed by atoms with Crippen LogP contribution in [0.2, 0.25) is 10.0 Å². The van der Waals surface area contributed by atoms with Crippen LogP contribution in [0, 0.1) is 0 Å². The fraction of sp³-hybridized carbons (Fsp3) is 0.143. The molecule has 1 heterocycles. The molecule has 6 heteroatoms. The molecule has 1 aromatic heterocycles. The number of aromatic nitrogens is 1. The minimum atomic E-state index is -0.322. The summed E-state index contributed by atoms with van der Waals surface area (Å²) < 4.78 is 5.33. The maximum atomic E-state index is 12.1. The summed E-state index contributed by atoms with van der Waals surface area (Å²) in [7, 11) is 0. The van der Waals surface area contributed by atoms with Crippen molar-refractivity contribution >= 4 is 34.8 Å². The lowest BCUT2D eigenvalue weighted by Gasteiger charge is -2.09. The van der Waals surface area contributed by atoms with E-state index in [-0.39, 0.29) is 5.91 Å². The molecule has 0 aliphatic rings. The van der Waals surface area contributed by atoms with Crippen molar-refractivity contribution in [3.05, 3.63) is 52.3 Å². The molecule has 0 bridgehead atoms. The van der Waals surface area contributed by atoms with Gasteiger partial charge in [-0.15, -0.1) is 0 Å². The van der Waals surface area contributed by atoms with Crippen LogP contribution in [0.25, 0.3) is 0 Å². The first kappa shape index (κ1) is 14.6. The zero-order chi connectivity index (χ0) is 14.5. The minimum absolute atomic E-state index is 0.294. The van der Waals surface area contributed by atoms with E-state index in [1.54, 1.807) is 24.3 Å².